The third kappa shape index (κ3) is 20.3. The van der Waals surface area contributed by atoms with Gasteiger partial charge in [0.25, 0.3) is 0 Å². The van der Waals surface area contributed by atoms with Crippen molar-refractivity contribution in [1.82, 2.24) is 0 Å². The monoisotopic (exact) mass is 332 g/mol. The zero-order valence-electron chi connectivity index (χ0n) is 14.7. The van der Waals surface area contributed by atoms with Crippen LogP contribution in [0.2, 0.25) is 0 Å². The third-order valence-corrected chi connectivity index (χ3v) is 2.89. The van der Waals surface area contributed by atoms with E-state index < -0.39 is 11.9 Å². The molecular weight excluding hydrogens is 300 g/mol. The number of aliphatic hydroxyl groups excluding tert-OH is 2. The lowest BCUT2D eigenvalue weighted by Crippen LogP contribution is -2.22. The van der Waals surface area contributed by atoms with Gasteiger partial charge in [-0.05, 0) is 26.7 Å². The van der Waals surface area contributed by atoms with Gasteiger partial charge in [-0.2, -0.15) is 0 Å². The van der Waals surface area contributed by atoms with Crippen LogP contribution in [-0.4, -0.2) is 45.1 Å². The molecule has 2 unspecified atom stereocenters. The number of hydrogen-bond acceptors (Lipinski definition) is 4. The average molecular weight is 332 g/mol. The van der Waals surface area contributed by atoms with Gasteiger partial charge in [0.1, 0.15) is 0 Å². The fraction of sp³-hybridized carbons (Fsp3) is 0.647. The molecule has 6 heteroatoms. The Balaban J connectivity index is -0.000000284. The second-order valence-electron chi connectivity index (χ2n) is 5.23. The fourth-order valence-corrected chi connectivity index (χ4v) is 1.17. The van der Waals surface area contributed by atoms with Gasteiger partial charge >= 0.3 is 11.9 Å². The number of hydrogen-bond donors (Lipinski definition) is 4. The van der Waals surface area contributed by atoms with Crippen molar-refractivity contribution in [2.24, 2.45) is 5.92 Å². The van der Waals surface area contributed by atoms with Crippen LogP contribution in [0.5, 0.6) is 0 Å². The van der Waals surface area contributed by atoms with E-state index in [1.54, 1.807) is 0 Å². The molecular formula is C17H32O6. The van der Waals surface area contributed by atoms with Gasteiger partial charge in [-0.15, -0.1) is 0 Å². The number of carboxylic acids is 2. The van der Waals surface area contributed by atoms with Gasteiger partial charge in [0.15, 0.2) is 0 Å². The zero-order chi connectivity index (χ0) is 19.0. The summed E-state index contributed by atoms with van der Waals surface area (Å²) in [5, 5.41) is 34.1. The predicted molar refractivity (Wildman–Crippen MR) is 91.3 cm³/mol. The highest BCUT2D eigenvalue weighted by Gasteiger charge is 2.14. The number of aliphatic hydroxyl groups is 2. The maximum atomic E-state index is 9.60. The Morgan fingerprint density at radius 3 is 1.52 bits per heavy atom. The van der Waals surface area contributed by atoms with Crippen molar-refractivity contribution < 1.29 is 30.0 Å². The highest BCUT2D eigenvalue weighted by atomic mass is 16.4. The van der Waals surface area contributed by atoms with Gasteiger partial charge in [-0.1, -0.05) is 39.8 Å². The predicted octanol–water partition coefficient (Wildman–Crippen LogP) is 2.85. The first-order valence-corrected chi connectivity index (χ1v) is 7.61. The van der Waals surface area contributed by atoms with E-state index in [2.05, 4.69) is 20.1 Å². The van der Waals surface area contributed by atoms with Crippen LogP contribution in [0.15, 0.2) is 24.3 Å². The molecule has 0 radical (unpaired) electrons. The molecule has 136 valence electrons. The van der Waals surface area contributed by atoms with Crippen molar-refractivity contribution in [3.8, 4) is 0 Å². The van der Waals surface area contributed by atoms with Gasteiger partial charge in [-0.3, -0.25) is 0 Å². The summed E-state index contributed by atoms with van der Waals surface area (Å²) >= 11 is 0. The first kappa shape index (κ1) is 26.2. The maximum Gasteiger partial charge on any atom is 0.330 e. The largest absolute Gasteiger partial charge is 0.478 e. The van der Waals surface area contributed by atoms with E-state index in [4.69, 9.17) is 15.3 Å². The second-order valence-corrected chi connectivity index (χ2v) is 5.23. The van der Waals surface area contributed by atoms with Crippen molar-refractivity contribution in [2.45, 2.75) is 59.5 Å². The Kier molecular flexibility index (Phi) is 19.1. The third-order valence-electron chi connectivity index (χ3n) is 2.89. The Morgan fingerprint density at radius 2 is 1.35 bits per heavy atom. The lowest BCUT2D eigenvalue weighted by molar-refractivity contribution is -0.133. The molecule has 0 aromatic carbocycles. The van der Waals surface area contributed by atoms with Gasteiger partial charge in [0.2, 0.25) is 0 Å². The van der Waals surface area contributed by atoms with Crippen LogP contribution >= 0.6 is 0 Å². The van der Waals surface area contributed by atoms with Gasteiger partial charge < -0.3 is 20.4 Å². The molecule has 0 aromatic heterocycles. The molecule has 2 atom stereocenters. The molecule has 4 N–H and O–H groups in total. The van der Waals surface area contributed by atoms with E-state index in [0.717, 1.165) is 25.7 Å². The summed E-state index contributed by atoms with van der Waals surface area (Å²) in [4.78, 5) is 19.2. The van der Waals surface area contributed by atoms with Crippen LogP contribution < -0.4 is 0 Å². The Morgan fingerprint density at radius 1 is 1.00 bits per heavy atom. The summed E-state index contributed by atoms with van der Waals surface area (Å²) in [7, 11) is 0. The minimum atomic E-state index is -0.935. The number of aliphatic carboxylic acids is 2. The topological polar surface area (TPSA) is 115 Å². The van der Waals surface area contributed by atoms with Crippen molar-refractivity contribution in [1.29, 1.82) is 0 Å². The van der Waals surface area contributed by atoms with E-state index >= 15 is 0 Å². The molecule has 0 aliphatic rings. The van der Waals surface area contributed by atoms with Gasteiger partial charge in [0.05, 0.1) is 6.10 Å². The quantitative estimate of drug-likeness (QED) is 0.508. The van der Waals surface area contributed by atoms with Gasteiger partial charge in [-0.25, -0.2) is 9.59 Å². The summed E-state index contributed by atoms with van der Waals surface area (Å²) in [6.07, 6.45) is 3.55. The normalized spacial score (nSPS) is 11.7. The molecule has 0 aromatic rings. The fourth-order valence-electron chi connectivity index (χ4n) is 1.17. The van der Waals surface area contributed by atoms with Crippen molar-refractivity contribution in [3.05, 3.63) is 24.3 Å². The molecule has 6 nitrogen and oxygen atoms in total. The van der Waals surface area contributed by atoms with Crippen molar-refractivity contribution in [2.75, 3.05) is 6.61 Å². The number of carbonyl (C=O) groups is 2. The van der Waals surface area contributed by atoms with Crippen LogP contribution in [-0.2, 0) is 9.59 Å². The molecule has 0 saturated heterocycles. The van der Waals surface area contributed by atoms with Crippen LogP contribution in [0, 0.1) is 5.92 Å². The standard InChI is InChI=1S/C9H20O2.2C4H6O2/c1-3-5-6-9(11)8(4-2)7-10;2*1-3(2)4(5)6/h8-11H,3-7H2,1-2H3;2*1H2,2H3,(H,5,6). The van der Waals surface area contributed by atoms with Crippen molar-refractivity contribution in [3.63, 3.8) is 0 Å². The summed E-state index contributed by atoms with van der Waals surface area (Å²) in [6.45, 7) is 13.4. The van der Waals surface area contributed by atoms with Crippen LogP contribution in [0.3, 0.4) is 0 Å². The second kappa shape index (κ2) is 16.7. The maximum absolute atomic E-state index is 9.60. The van der Waals surface area contributed by atoms with E-state index in [9.17, 15) is 14.7 Å². The molecule has 0 amide bonds. The molecule has 0 aliphatic heterocycles. The highest BCUT2D eigenvalue weighted by Crippen LogP contribution is 2.13. The number of rotatable bonds is 8. The number of carboxylic acid groups (broad SMARTS) is 2. The van der Waals surface area contributed by atoms with Crippen LogP contribution in [0.25, 0.3) is 0 Å². The summed E-state index contributed by atoms with van der Waals surface area (Å²) < 4.78 is 0. The zero-order valence-corrected chi connectivity index (χ0v) is 14.7. The minimum absolute atomic E-state index is 0.0848. The van der Waals surface area contributed by atoms with E-state index in [1.807, 2.05) is 6.92 Å². The van der Waals surface area contributed by atoms with E-state index in [1.165, 1.54) is 13.8 Å². The minimum Gasteiger partial charge on any atom is -0.478 e. The molecule has 0 fully saturated rings. The summed E-state index contributed by atoms with van der Waals surface area (Å²) in [6, 6.07) is 0. The molecule has 0 heterocycles. The molecule has 0 bridgehead atoms. The molecule has 0 saturated carbocycles. The average Bonchev–Trinajstić information content (AvgIpc) is 2.47. The van der Waals surface area contributed by atoms with E-state index in [0.29, 0.717) is 0 Å². The summed E-state index contributed by atoms with van der Waals surface area (Å²) in [5.74, 6) is -1.79. The highest BCUT2D eigenvalue weighted by molar-refractivity contribution is 5.85. The lowest BCUT2D eigenvalue weighted by Gasteiger charge is -2.18. The Hall–Kier alpha value is -1.66. The molecule has 0 rings (SSSR count). The summed E-state index contributed by atoms with van der Waals surface area (Å²) in [5.41, 5.74) is 0.352. The number of unbranched alkanes of at least 4 members (excludes halogenated alkanes) is 1. The van der Waals surface area contributed by atoms with Gasteiger partial charge in [0, 0.05) is 23.7 Å². The first-order chi connectivity index (χ1) is 10.5. The smallest absolute Gasteiger partial charge is 0.330 e. The molecule has 0 aliphatic carbocycles. The molecule has 0 spiro atoms. The van der Waals surface area contributed by atoms with Crippen molar-refractivity contribution >= 4 is 11.9 Å². The first-order valence-electron chi connectivity index (χ1n) is 7.61. The lowest BCUT2D eigenvalue weighted by atomic mass is 9.96. The van der Waals surface area contributed by atoms with E-state index in [-0.39, 0.29) is 29.8 Å². The van der Waals surface area contributed by atoms with Crippen LogP contribution in [0.4, 0.5) is 0 Å². The molecule has 23 heavy (non-hydrogen) atoms. The van der Waals surface area contributed by atoms with Crippen LogP contribution in [0.1, 0.15) is 53.4 Å². The SMILES string of the molecule is C=C(C)C(=O)O.C=C(C)C(=O)O.CCCCC(O)C(CC)CO. The Bertz CT molecular complexity index is 310. The Labute approximate surface area is 139 Å².